The molecule has 0 aromatic carbocycles. The smallest absolute Gasteiger partial charge is 0.315 e. The molecule has 1 aromatic rings. The zero-order chi connectivity index (χ0) is 19.3. The number of urea groups is 1. The number of carbonyl (C=O) groups is 1. The van der Waals surface area contributed by atoms with Crippen LogP contribution in [0.3, 0.4) is 0 Å². The second kappa shape index (κ2) is 9.07. The minimum Gasteiger partial charge on any atom is -0.467 e. The van der Waals surface area contributed by atoms with E-state index in [-0.39, 0.29) is 29.9 Å². The Labute approximate surface area is 160 Å². The molecule has 2 aliphatic rings. The summed E-state index contributed by atoms with van der Waals surface area (Å²) in [5.74, 6) is 0.966. The fourth-order valence-electron chi connectivity index (χ4n) is 3.97. The highest BCUT2D eigenvalue weighted by Gasteiger charge is 2.36. The van der Waals surface area contributed by atoms with E-state index in [0.717, 1.165) is 32.1 Å². The van der Waals surface area contributed by atoms with Crippen LogP contribution in [-0.4, -0.2) is 56.9 Å². The van der Waals surface area contributed by atoms with Crippen molar-refractivity contribution in [2.45, 2.75) is 56.7 Å². The molecule has 1 aliphatic carbocycles. The Morgan fingerprint density at radius 1 is 1.37 bits per heavy atom. The number of hydrogen-bond acceptors (Lipinski definition) is 5. The topological polar surface area (TPSA) is 101 Å². The van der Waals surface area contributed by atoms with Crippen molar-refractivity contribution in [3.8, 4) is 0 Å². The van der Waals surface area contributed by atoms with Crippen LogP contribution in [0.1, 0.15) is 50.3 Å². The molecule has 1 saturated heterocycles. The van der Waals surface area contributed by atoms with Crippen LogP contribution in [0.4, 0.5) is 4.79 Å². The van der Waals surface area contributed by atoms with Crippen molar-refractivity contribution in [3.05, 3.63) is 24.2 Å². The van der Waals surface area contributed by atoms with Gasteiger partial charge in [0.1, 0.15) is 5.76 Å². The summed E-state index contributed by atoms with van der Waals surface area (Å²) in [6, 6.07) is 3.29. The highest BCUT2D eigenvalue weighted by molar-refractivity contribution is 7.89. The number of rotatable bonds is 7. The van der Waals surface area contributed by atoms with Crippen LogP contribution in [0, 0.1) is 0 Å². The summed E-state index contributed by atoms with van der Waals surface area (Å²) < 4.78 is 36.3. The SMILES string of the molecule is COCCC(NC(=O)NC1CCC(N2CCCS2(=O)=O)CC1)c1ccco1. The number of carbonyl (C=O) groups excluding carboxylic acids is 1. The first kappa shape index (κ1) is 20.2. The fourth-order valence-corrected chi connectivity index (χ4v) is 5.77. The highest BCUT2D eigenvalue weighted by atomic mass is 32.2. The summed E-state index contributed by atoms with van der Waals surface area (Å²) >= 11 is 0. The number of nitrogens with one attached hydrogen (secondary N) is 2. The number of amides is 2. The predicted molar refractivity (Wildman–Crippen MR) is 101 cm³/mol. The molecule has 0 radical (unpaired) electrons. The third-order valence-electron chi connectivity index (χ3n) is 5.38. The summed E-state index contributed by atoms with van der Waals surface area (Å²) in [6.07, 6.45) is 6.07. The van der Waals surface area contributed by atoms with Gasteiger partial charge in [-0.25, -0.2) is 13.2 Å². The predicted octanol–water partition coefficient (Wildman–Crippen LogP) is 2.00. The van der Waals surface area contributed by atoms with Crippen molar-refractivity contribution in [3.63, 3.8) is 0 Å². The quantitative estimate of drug-likeness (QED) is 0.730. The number of methoxy groups -OCH3 is 1. The summed E-state index contributed by atoms with van der Waals surface area (Å²) in [7, 11) is -1.44. The maximum atomic E-state index is 12.4. The first-order valence-corrected chi connectivity index (χ1v) is 11.2. The molecule has 1 aromatic heterocycles. The number of hydrogen-bond donors (Lipinski definition) is 2. The van der Waals surface area contributed by atoms with Gasteiger partial charge in [0.25, 0.3) is 0 Å². The molecular weight excluding hydrogens is 370 g/mol. The lowest BCUT2D eigenvalue weighted by molar-refractivity contribution is 0.175. The second-order valence-corrected chi connectivity index (χ2v) is 9.29. The van der Waals surface area contributed by atoms with Crippen molar-refractivity contribution in [1.82, 2.24) is 14.9 Å². The first-order chi connectivity index (χ1) is 13.0. The minimum absolute atomic E-state index is 0.0613. The van der Waals surface area contributed by atoms with E-state index in [0.29, 0.717) is 25.3 Å². The van der Waals surface area contributed by atoms with Gasteiger partial charge >= 0.3 is 6.03 Å². The van der Waals surface area contributed by atoms with E-state index in [2.05, 4.69) is 10.6 Å². The third-order valence-corrected chi connectivity index (χ3v) is 7.38. The van der Waals surface area contributed by atoms with Crippen LogP contribution in [0.2, 0.25) is 0 Å². The molecule has 8 nitrogen and oxygen atoms in total. The zero-order valence-corrected chi connectivity index (χ0v) is 16.5. The molecule has 1 atom stereocenters. The standard InChI is InChI=1S/C18H29N3O5S/c1-25-12-9-16(17-4-2-11-26-17)20-18(22)19-14-5-7-15(8-6-14)21-10-3-13-27(21,23)24/h2,4,11,14-16H,3,5-10,12-13H2,1H3,(H2,19,20,22). The summed E-state index contributed by atoms with van der Waals surface area (Å²) in [6.45, 7) is 1.15. The van der Waals surface area contributed by atoms with Crippen molar-refractivity contribution >= 4 is 16.1 Å². The largest absolute Gasteiger partial charge is 0.467 e. The Bertz CT molecular complexity index is 699. The number of nitrogens with zero attached hydrogens (tertiary/aromatic N) is 1. The number of ether oxygens (including phenoxy) is 1. The Hall–Kier alpha value is -1.58. The molecule has 2 heterocycles. The van der Waals surface area contributed by atoms with E-state index < -0.39 is 10.0 Å². The van der Waals surface area contributed by atoms with Crippen molar-refractivity contribution in [1.29, 1.82) is 0 Å². The normalized spacial score (nSPS) is 26.6. The van der Waals surface area contributed by atoms with Crippen molar-refractivity contribution < 1.29 is 22.4 Å². The Kier molecular flexibility index (Phi) is 6.78. The molecule has 1 aliphatic heterocycles. The van der Waals surface area contributed by atoms with E-state index >= 15 is 0 Å². The Morgan fingerprint density at radius 3 is 2.74 bits per heavy atom. The second-order valence-electron chi connectivity index (χ2n) is 7.25. The molecule has 9 heteroatoms. The molecular formula is C18H29N3O5S. The van der Waals surface area contributed by atoms with Gasteiger partial charge in [0.05, 0.1) is 18.1 Å². The minimum atomic E-state index is -3.07. The Balaban J connectivity index is 1.47. The van der Waals surface area contributed by atoms with Crippen LogP contribution in [-0.2, 0) is 14.8 Å². The molecule has 3 rings (SSSR count). The molecule has 2 N–H and O–H groups in total. The molecule has 152 valence electrons. The van der Waals surface area contributed by atoms with E-state index in [1.807, 2.05) is 6.07 Å². The van der Waals surface area contributed by atoms with Crippen LogP contribution in [0.5, 0.6) is 0 Å². The Morgan fingerprint density at radius 2 is 2.15 bits per heavy atom. The van der Waals surface area contributed by atoms with Crippen molar-refractivity contribution in [2.75, 3.05) is 26.0 Å². The van der Waals surface area contributed by atoms with Gasteiger partial charge in [0.2, 0.25) is 10.0 Å². The summed E-state index contributed by atoms with van der Waals surface area (Å²) in [5.41, 5.74) is 0. The lowest BCUT2D eigenvalue weighted by Gasteiger charge is -2.34. The highest BCUT2D eigenvalue weighted by Crippen LogP contribution is 2.28. The van der Waals surface area contributed by atoms with Crippen LogP contribution in [0.25, 0.3) is 0 Å². The third kappa shape index (κ3) is 5.24. The van der Waals surface area contributed by atoms with Gasteiger partial charge in [0.15, 0.2) is 0 Å². The molecule has 0 bridgehead atoms. The summed E-state index contributed by atoms with van der Waals surface area (Å²) in [5, 5.41) is 5.97. The van der Waals surface area contributed by atoms with Gasteiger partial charge in [-0.3, -0.25) is 0 Å². The van der Waals surface area contributed by atoms with E-state index in [9.17, 15) is 13.2 Å². The van der Waals surface area contributed by atoms with E-state index in [4.69, 9.17) is 9.15 Å². The van der Waals surface area contributed by atoms with Gasteiger partial charge in [-0.1, -0.05) is 0 Å². The molecule has 1 unspecified atom stereocenters. The fraction of sp³-hybridized carbons (Fsp3) is 0.722. The van der Waals surface area contributed by atoms with Crippen LogP contribution >= 0.6 is 0 Å². The molecule has 0 spiro atoms. The van der Waals surface area contributed by atoms with Gasteiger partial charge < -0.3 is 19.8 Å². The first-order valence-electron chi connectivity index (χ1n) is 9.58. The van der Waals surface area contributed by atoms with Gasteiger partial charge in [-0.2, -0.15) is 4.31 Å². The number of sulfonamides is 1. The molecule has 27 heavy (non-hydrogen) atoms. The van der Waals surface area contributed by atoms with E-state index in [1.54, 1.807) is 23.7 Å². The molecule has 2 fully saturated rings. The lowest BCUT2D eigenvalue weighted by atomic mass is 9.91. The zero-order valence-electron chi connectivity index (χ0n) is 15.7. The van der Waals surface area contributed by atoms with Gasteiger partial charge in [-0.15, -0.1) is 0 Å². The lowest BCUT2D eigenvalue weighted by Crippen LogP contribution is -2.47. The summed E-state index contributed by atoms with van der Waals surface area (Å²) in [4.78, 5) is 12.4. The van der Waals surface area contributed by atoms with Crippen molar-refractivity contribution in [2.24, 2.45) is 0 Å². The average Bonchev–Trinajstić information content (AvgIpc) is 3.29. The average molecular weight is 400 g/mol. The van der Waals surface area contributed by atoms with E-state index in [1.165, 1.54) is 0 Å². The van der Waals surface area contributed by atoms with Gasteiger partial charge in [-0.05, 0) is 50.7 Å². The van der Waals surface area contributed by atoms with Gasteiger partial charge in [0, 0.05) is 32.3 Å². The maximum Gasteiger partial charge on any atom is 0.315 e. The van der Waals surface area contributed by atoms with Crippen LogP contribution < -0.4 is 10.6 Å². The monoisotopic (exact) mass is 399 g/mol. The van der Waals surface area contributed by atoms with Crippen LogP contribution in [0.15, 0.2) is 22.8 Å². The molecule has 2 amide bonds. The number of furan rings is 1. The maximum absolute atomic E-state index is 12.4. The molecule has 1 saturated carbocycles.